The van der Waals surface area contributed by atoms with Crippen LogP contribution in [0.25, 0.3) is 0 Å². The fourth-order valence-electron chi connectivity index (χ4n) is 3.45. The number of hydrogen-bond acceptors (Lipinski definition) is 4. The Morgan fingerprint density at radius 3 is 2.63 bits per heavy atom. The van der Waals surface area contributed by atoms with E-state index in [2.05, 4.69) is 10.2 Å². The van der Waals surface area contributed by atoms with E-state index in [0.29, 0.717) is 22.3 Å². The van der Waals surface area contributed by atoms with Crippen LogP contribution in [0, 0.1) is 5.92 Å². The first-order valence-electron chi connectivity index (χ1n) is 9.54. The maximum Gasteiger partial charge on any atom is 0.317 e. The molecule has 1 aromatic rings. The summed E-state index contributed by atoms with van der Waals surface area (Å²) in [6.07, 6.45) is 3.88. The molecule has 1 aromatic carbocycles. The second-order valence-corrected chi connectivity index (χ2v) is 8.31. The fraction of sp³-hybridized carbons (Fsp3) is 0.600. The summed E-state index contributed by atoms with van der Waals surface area (Å²) in [6.45, 7) is 4.73. The van der Waals surface area contributed by atoms with E-state index in [9.17, 15) is 9.59 Å². The van der Waals surface area contributed by atoms with Gasteiger partial charge in [0.15, 0.2) is 0 Å². The van der Waals surface area contributed by atoms with Gasteiger partial charge in [0.05, 0.1) is 18.2 Å². The zero-order chi connectivity index (χ0) is 19.6. The number of nitrogens with one attached hydrogen (secondary N) is 1. The van der Waals surface area contributed by atoms with Crippen molar-refractivity contribution in [1.82, 2.24) is 10.2 Å². The van der Waals surface area contributed by atoms with E-state index < -0.39 is 5.97 Å². The number of hydrogen-bond donors (Lipinski definition) is 2. The molecule has 7 heteroatoms. The third-order valence-corrected chi connectivity index (χ3v) is 5.28. The van der Waals surface area contributed by atoms with Gasteiger partial charge in [-0.1, -0.05) is 11.6 Å². The van der Waals surface area contributed by atoms with Crippen molar-refractivity contribution in [2.24, 2.45) is 5.92 Å². The fourth-order valence-corrected chi connectivity index (χ4v) is 3.62. The molecule has 3 rings (SSSR count). The van der Waals surface area contributed by atoms with Gasteiger partial charge in [0.2, 0.25) is 0 Å². The standard InChI is InChI=1S/C20H27ClN2O4/c1-12(2)27-18-6-5-14(21)7-17(18)20(26)22-15-8-16(9-15)23(11-19(24)25)10-13-3-4-13/h5-7,12-13,15-16H,3-4,8-11H2,1-2H3,(H,22,26)(H,24,25). The monoisotopic (exact) mass is 394 g/mol. The quantitative estimate of drug-likeness (QED) is 0.672. The van der Waals surface area contributed by atoms with Crippen LogP contribution in [-0.4, -0.2) is 53.2 Å². The van der Waals surface area contributed by atoms with Crippen LogP contribution < -0.4 is 10.1 Å². The molecule has 1 amide bonds. The number of carboxylic acids is 1. The van der Waals surface area contributed by atoms with Crippen LogP contribution in [0.4, 0.5) is 0 Å². The van der Waals surface area contributed by atoms with Crippen molar-refractivity contribution in [2.45, 2.75) is 57.7 Å². The maximum absolute atomic E-state index is 12.7. The van der Waals surface area contributed by atoms with E-state index in [1.807, 2.05) is 13.8 Å². The van der Waals surface area contributed by atoms with Gasteiger partial charge < -0.3 is 15.2 Å². The third-order valence-electron chi connectivity index (χ3n) is 5.04. The lowest BCUT2D eigenvalue weighted by Crippen LogP contribution is -2.55. The number of halogens is 1. The summed E-state index contributed by atoms with van der Waals surface area (Å²) in [5.41, 5.74) is 0.431. The first-order chi connectivity index (χ1) is 12.8. The number of carboxylic acid groups (broad SMARTS) is 1. The molecule has 6 nitrogen and oxygen atoms in total. The summed E-state index contributed by atoms with van der Waals surface area (Å²) in [5, 5.41) is 12.7. The molecule has 0 unspecified atom stereocenters. The van der Waals surface area contributed by atoms with Crippen molar-refractivity contribution in [1.29, 1.82) is 0 Å². The minimum absolute atomic E-state index is 0.0437. The van der Waals surface area contributed by atoms with Crippen LogP contribution in [0.1, 0.15) is 49.9 Å². The molecular formula is C20H27ClN2O4. The van der Waals surface area contributed by atoms with Crippen LogP contribution >= 0.6 is 11.6 Å². The summed E-state index contributed by atoms with van der Waals surface area (Å²) in [5.74, 6) is 0.158. The highest BCUT2D eigenvalue weighted by Gasteiger charge is 2.38. The van der Waals surface area contributed by atoms with Gasteiger partial charge >= 0.3 is 5.97 Å². The minimum Gasteiger partial charge on any atom is -0.490 e. The van der Waals surface area contributed by atoms with Gasteiger partial charge in [0.25, 0.3) is 5.91 Å². The number of ether oxygens (including phenoxy) is 1. The second-order valence-electron chi connectivity index (χ2n) is 7.87. The molecule has 0 radical (unpaired) electrons. The topological polar surface area (TPSA) is 78.9 Å². The number of nitrogens with zero attached hydrogens (tertiary/aromatic N) is 1. The smallest absolute Gasteiger partial charge is 0.317 e. The molecule has 0 aliphatic heterocycles. The van der Waals surface area contributed by atoms with Crippen molar-refractivity contribution < 1.29 is 19.4 Å². The molecule has 2 saturated carbocycles. The highest BCUT2D eigenvalue weighted by molar-refractivity contribution is 6.31. The van der Waals surface area contributed by atoms with E-state index in [0.717, 1.165) is 19.4 Å². The average molecular weight is 395 g/mol. The number of carbonyl (C=O) groups is 2. The molecule has 2 fully saturated rings. The highest BCUT2D eigenvalue weighted by Crippen LogP contribution is 2.34. The summed E-state index contributed by atoms with van der Waals surface area (Å²) < 4.78 is 5.72. The van der Waals surface area contributed by atoms with Gasteiger partial charge in [-0.25, -0.2) is 0 Å². The Hall–Kier alpha value is -1.79. The Kier molecular flexibility index (Phi) is 6.27. The predicted molar refractivity (Wildman–Crippen MR) is 103 cm³/mol. The molecule has 0 bridgehead atoms. The minimum atomic E-state index is -0.794. The largest absolute Gasteiger partial charge is 0.490 e. The molecule has 0 heterocycles. The van der Waals surface area contributed by atoms with Crippen LogP contribution in [0.15, 0.2) is 18.2 Å². The van der Waals surface area contributed by atoms with Crippen molar-refractivity contribution in [2.75, 3.05) is 13.1 Å². The van der Waals surface area contributed by atoms with Gasteiger partial charge in [-0.3, -0.25) is 14.5 Å². The van der Waals surface area contributed by atoms with Crippen LogP contribution in [0.5, 0.6) is 5.75 Å². The molecule has 0 aromatic heterocycles. The third kappa shape index (κ3) is 5.59. The SMILES string of the molecule is CC(C)Oc1ccc(Cl)cc1C(=O)NC1CC(N(CC(=O)O)CC2CC2)C1. The maximum atomic E-state index is 12.7. The molecule has 2 aliphatic carbocycles. The number of amides is 1. The van der Waals surface area contributed by atoms with Gasteiger partial charge in [-0.05, 0) is 63.6 Å². The molecular weight excluding hydrogens is 368 g/mol. The lowest BCUT2D eigenvalue weighted by molar-refractivity contribution is -0.139. The number of carbonyl (C=O) groups excluding carboxylic acids is 1. The van der Waals surface area contributed by atoms with Gasteiger partial charge in [-0.2, -0.15) is 0 Å². The predicted octanol–water partition coefficient (Wildman–Crippen LogP) is 3.18. The van der Waals surface area contributed by atoms with Gasteiger partial charge in [-0.15, -0.1) is 0 Å². The zero-order valence-corrected chi connectivity index (χ0v) is 16.5. The lowest BCUT2D eigenvalue weighted by Gasteiger charge is -2.42. The van der Waals surface area contributed by atoms with E-state index in [1.54, 1.807) is 18.2 Å². The lowest BCUT2D eigenvalue weighted by atomic mass is 9.85. The van der Waals surface area contributed by atoms with Crippen molar-refractivity contribution >= 4 is 23.5 Å². The molecule has 0 spiro atoms. The van der Waals surface area contributed by atoms with Crippen LogP contribution in [0.3, 0.4) is 0 Å². The van der Waals surface area contributed by atoms with Gasteiger partial charge in [0.1, 0.15) is 5.75 Å². The number of rotatable bonds is 9. The van der Waals surface area contributed by atoms with E-state index in [-0.39, 0.29) is 30.6 Å². The van der Waals surface area contributed by atoms with Crippen molar-refractivity contribution in [3.8, 4) is 5.75 Å². The average Bonchev–Trinajstić information content (AvgIpc) is 3.34. The number of benzene rings is 1. The summed E-state index contributed by atoms with van der Waals surface area (Å²) >= 11 is 6.05. The molecule has 148 valence electrons. The first-order valence-corrected chi connectivity index (χ1v) is 9.92. The zero-order valence-electron chi connectivity index (χ0n) is 15.8. The van der Waals surface area contributed by atoms with Gasteiger partial charge in [0, 0.05) is 23.7 Å². The Morgan fingerprint density at radius 2 is 2.04 bits per heavy atom. The molecule has 27 heavy (non-hydrogen) atoms. The van der Waals surface area contributed by atoms with Crippen LogP contribution in [-0.2, 0) is 4.79 Å². The van der Waals surface area contributed by atoms with E-state index in [4.69, 9.17) is 21.4 Å². The number of aliphatic carboxylic acids is 1. The van der Waals surface area contributed by atoms with E-state index >= 15 is 0 Å². The van der Waals surface area contributed by atoms with E-state index in [1.165, 1.54) is 12.8 Å². The first kappa shape index (κ1) is 20.0. The molecule has 0 saturated heterocycles. The summed E-state index contributed by atoms with van der Waals surface area (Å²) in [7, 11) is 0. The molecule has 0 atom stereocenters. The Balaban J connectivity index is 1.56. The van der Waals surface area contributed by atoms with Crippen LogP contribution in [0.2, 0.25) is 5.02 Å². The highest BCUT2D eigenvalue weighted by atomic mass is 35.5. The Labute approximate surface area is 164 Å². The summed E-state index contributed by atoms with van der Waals surface area (Å²) in [4.78, 5) is 25.9. The Bertz CT molecular complexity index is 699. The molecule has 2 aliphatic rings. The summed E-state index contributed by atoms with van der Waals surface area (Å²) in [6, 6.07) is 5.30. The second kappa shape index (κ2) is 8.48. The Morgan fingerprint density at radius 1 is 1.33 bits per heavy atom. The normalized spacial score (nSPS) is 21.8. The molecule has 2 N–H and O–H groups in total. The van der Waals surface area contributed by atoms with Crippen molar-refractivity contribution in [3.63, 3.8) is 0 Å². The van der Waals surface area contributed by atoms with Crippen molar-refractivity contribution in [3.05, 3.63) is 28.8 Å².